The number of ether oxygens (including phenoxy) is 1. The van der Waals surface area contributed by atoms with E-state index in [4.69, 9.17) is 4.74 Å². The van der Waals surface area contributed by atoms with Gasteiger partial charge in [0.1, 0.15) is 5.75 Å². The number of carbonyl (C=O) groups is 1. The summed E-state index contributed by atoms with van der Waals surface area (Å²) in [6.45, 7) is 5.41. The number of halogens is 1. The molecule has 0 aliphatic rings. The van der Waals surface area contributed by atoms with Crippen LogP contribution in [0.25, 0.3) is 0 Å². The van der Waals surface area contributed by atoms with Crippen molar-refractivity contribution in [2.75, 3.05) is 18.1 Å². The largest absolute Gasteiger partial charge is 0.481 e. The Kier molecular flexibility index (Phi) is 9.42. The van der Waals surface area contributed by atoms with Gasteiger partial charge in [-0.2, -0.15) is 0 Å². The Hall–Kier alpha value is -1.69. The fourth-order valence-electron chi connectivity index (χ4n) is 2.20. The van der Waals surface area contributed by atoms with Gasteiger partial charge in [-0.15, -0.1) is 24.2 Å². The van der Waals surface area contributed by atoms with Crippen LogP contribution in [0.15, 0.2) is 53.4 Å². The maximum Gasteiger partial charge on any atom is 0.265 e. The molecule has 0 spiro atoms. The zero-order valence-corrected chi connectivity index (χ0v) is 16.4. The van der Waals surface area contributed by atoms with Crippen molar-refractivity contribution in [1.82, 2.24) is 5.32 Å². The summed E-state index contributed by atoms with van der Waals surface area (Å²) in [5.41, 5.74) is 1.88. The number of rotatable bonds is 8. The van der Waals surface area contributed by atoms with Crippen molar-refractivity contribution in [3.8, 4) is 5.75 Å². The molecule has 1 amide bonds. The van der Waals surface area contributed by atoms with Crippen molar-refractivity contribution < 1.29 is 9.53 Å². The van der Waals surface area contributed by atoms with Gasteiger partial charge in [0.25, 0.3) is 5.91 Å². The normalized spacial score (nSPS) is 11.3. The minimum absolute atomic E-state index is 0. The second-order valence-electron chi connectivity index (χ2n) is 5.36. The molecule has 2 rings (SSSR count). The Morgan fingerprint density at radius 1 is 1.16 bits per heavy atom. The van der Waals surface area contributed by atoms with Crippen LogP contribution in [-0.2, 0) is 11.3 Å². The van der Waals surface area contributed by atoms with Gasteiger partial charge in [-0.1, -0.05) is 25.1 Å². The maximum absolute atomic E-state index is 12.4. The number of hydrogen-bond acceptors (Lipinski definition) is 4. The molecule has 1 unspecified atom stereocenters. The van der Waals surface area contributed by atoms with Crippen LogP contribution in [0.5, 0.6) is 5.75 Å². The first-order valence-corrected chi connectivity index (χ1v) is 9.26. The van der Waals surface area contributed by atoms with E-state index in [1.165, 1.54) is 0 Å². The van der Waals surface area contributed by atoms with Crippen molar-refractivity contribution in [2.24, 2.45) is 0 Å². The molecule has 0 saturated heterocycles. The van der Waals surface area contributed by atoms with Crippen LogP contribution in [0.1, 0.15) is 19.4 Å². The average molecular weight is 381 g/mol. The standard InChI is InChI=1S/C19H24N2O2S.ClH/c1-4-20-13-15-7-5-6-8-18(15)21-19(22)14(2)23-16-9-11-17(24-3)12-10-16;/h5-12,14,20H,4,13H2,1-3H3,(H,21,22);1H. The third-order valence-electron chi connectivity index (χ3n) is 3.58. The van der Waals surface area contributed by atoms with E-state index in [-0.39, 0.29) is 18.3 Å². The van der Waals surface area contributed by atoms with E-state index >= 15 is 0 Å². The van der Waals surface area contributed by atoms with Crippen LogP contribution in [0.2, 0.25) is 0 Å². The summed E-state index contributed by atoms with van der Waals surface area (Å²) < 4.78 is 5.73. The Morgan fingerprint density at radius 3 is 2.48 bits per heavy atom. The molecule has 4 nitrogen and oxygen atoms in total. The van der Waals surface area contributed by atoms with Crippen molar-refractivity contribution in [2.45, 2.75) is 31.4 Å². The van der Waals surface area contributed by atoms with Crippen molar-refractivity contribution in [1.29, 1.82) is 0 Å². The van der Waals surface area contributed by atoms with Gasteiger partial charge in [0, 0.05) is 17.1 Å². The number of hydrogen-bond donors (Lipinski definition) is 2. The van der Waals surface area contributed by atoms with E-state index in [1.807, 2.05) is 54.8 Å². The molecule has 0 radical (unpaired) electrons. The average Bonchev–Trinajstić information content (AvgIpc) is 2.61. The number of carbonyl (C=O) groups excluding carboxylic acids is 1. The Bertz CT molecular complexity index is 665. The first-order valence-electron chi connectivity index (χ1n) is 8.04. The maximum atomic E-state index is 12.4. The molecule has 6 heteroatoms. The lowest BCUT2D eigenvalue weighted by molar-refractivity contribution is -0.122. The molecule has 136 valence electrons. The highest BCUT2D eigenvalue weighted by Crippen LogP contribution is 2.20. The molecule has 0 aliphatic carbocycles. The van der Waals surface area contributed by atoms with Gasteiger partial charge in [0.2, 0.25) is 0 Å². The lowest BCUT2D eigenvalue weighted by Crippen LogP contribution is -2.30. The van der Waals surface area contributed by atoms with E-state index in [1.54, 1.807) is 18.7 Å². The number of amides is 1. The second-order valence-corrected chi connectivity index (χ2v) is 6.24. The minimum Gasteiger partial charge on any atom is -0.481 e. The third kappa shape index (κ3) is 6.61. The zero-order valence-electron chi connectivity index (χ0n) is 14.7. The highest BCUT2D eigenvalue weighted by molar-refractivity contribution is 7.98. The summed E-state index contributed by atoms with van der Waals surface area (Å²) in [6, 6.07) is 15.5. The van der Waals surface area contributed by atoms with Gasteiger partial charge in [0.05, 0.1) is 0 Å². The summed E-state index contributed by atoms with van der Waals surface area (Å²) in [5, 5.41) is 6.23. The number of benzene rings is 2. The van der Waals surface area contributed by atoms with E-state index in [2.05, 4.69) is 17.6 Å². The van der Waals surface area contributed by atoms with Crippen LogP contribution in [-0.4, -0.2) is 24.8 Å². The van der Waals surface area contributed by atoms with Crippen LogP contribution in [0, 0.1) is 0 Å². The molecule has 2 aromatic carbocycles. The summed E-state index contributed by atoms with van der Waals surface area (Å²) in [7, 11) is 0. The van der Waals surface area contributed by atoms with Crippen molar-refractivity contribution >= 4 is 35.8 Å². The molecule has 2 N–H and O–H groups in total. The fraction of sp³-hybridized carbons (Fsp3) is 0.316. The van der Waals surface area contributed by atoms with Crippen LogP contribution in [0.3, 0.4) is 0 Å². The van der Waals surface area contributed by atoms with Crippen LogP contribution >= 0.6 is 24.2 Å². The van der Waals surface area contributed by atoms with E-state index in [0.717, 1.165) is 29.2 Å². The van der Waals surface area contributed by atoms with Gasteiger partial charge in [-0.3, -0.25) is 4.79 Å². The Morgan fingerprint density at radius 2 is 1.84 bits per heavy atom. The number of anilines is 1. The van der Waals surface area contributed by atoms with Crippen molar-refractivity contribution in [3.63, 3.8) is 0 Å². The molecule has 0 bridgehead atoms. The molecular formula is C19H25ClN2O2S. The molecule has 25 heavy (non-hydrogen) atoms. The molecule has 0 aromatic heterocycles. The summed E-state index contributed by atoms with van der Waals surface area (Å²) in [6.07, 6.45) is 1.45. The summed E-state index contributed by atoms with van der Waals surface area (Å²) in [5.74, 6) is 0.532. The molecule has 0 fully saturated rings. The van der Waals surface area contributed by atoms with Crippen LogP contribution < -0.4 is 15.4 Å². The lowest BCUT2D eigenvalue weighted by Gasteiger charge is -2.17. The van der Waals surface area contributed by atoms with Gasteiger partial charge < -0.3 is 15.4 Å². The van der Waals surface area contributed by atoms with Crippen LogP contribution in [0.4, 0.5) is 5.69 Å². The molecule has 0 saturated carbocycles. The van der Waals surface area contributed by atoms with Gasteiger partial charge >= 0.3 is 0 Å². The second kappa shape index (κ2) is 11.0. The van der Waals surface area contributed by atoms with Gasteiger partial charge in [-0.25, -0.2) is 0 Å². The Balaban J connectivity index is 0.00000312. The smallest absolute Gasteiger partial charge is 0.265 e. The van der Waals surface area contributed by atoms with Crippen molar-refractivity contribution in [3.05, 3.63) is 54.1 Å². The molecule has 2 aromatic rings. The summed E-state index contributed by atoms with van der Waals surface area (Å²) >= 11 is 1.67. The zero-order chi connectivity index (χ0) is 17.4. The highest BCUT2D eigenvalue weighted by Gasteiger charge is 2.16. The number of thioether (sulfide) groups is 1. The first kappa shape index (κ1) is 21.4. The quantitative estimate of drug-likeness (QED) is 0.668. The molecular weight excluding hydrogens is 356 g/mol. The van der Waals surface area contributed by atoms with Gasteiger partial charge in [0.15, 0.2) is 6.10 Å². The lowest BCUT2D eigenvalue weighted by atomic mass is 10.1. The topological polar surface area (TPSA) is 50.4 Å². The SMILES string of the molecule is CCNCc1ccccc1NC(=O)C(C)Oc1ccc(SC)cc1.Cl. The fourth-order valence-corrected chi connectivity index (χ4v) is 2.61. The molecule has 0 aliphatic heterocycles. The highest BCUT2D eigenvalue weighted by atomic mass is 35.5. The Labute approximate surface area is 160 Å². The van der Waals surface area contributed by atoms with E-state index < -0.39 is 6.10 Å². The monoisotopic (exact) mass is 380 g/mol. The molecule has 1 atom stereocenters. The number of para-hydroxylation sites is 1. The van der Waals surface area contributed by atoms with E-state index in [9.17, 15) is 4.79 Å². The minimum atomic E-state index is -0.572. The van der Waals surface area contributed by atoms with E-state index in [0.29, 0.717) is 5.75 Å². The number of nitrogens with one attached hydrogen (secondary N) is 2. The predicted molar refractivity (Wildman–Crippen MR) is 108 cm³/mol. The van der Waals surface area contributed by atoms with Gasteiger partial charge in [-0.05, 0) is 55.6 Å². The summed E-state index contributed by atoms with van der Waals surface area (Å²) in [4.78, 5) is 13.6. The first-order chi connectivity index (χ1) is 11.6. The predicted octanol–water partition coefficient (Wildman–Crippen LogP) is 4.35. The molecule has 0 heterocycles. The third-order valence-corrected chi connectivity index (χ3v) is 4.33.